The molecule has 0 saturated carbocycles. The first-order valence-electron chi connectivity index (χ1n) is 9.43. The van der Waals surface area contributed by atoms with Gasteiger partial charge in [0.25, 0.3) is 5.91 Å². The fourth-order valence-corrected chi connectivity index (χ4v) is 3.79. The van der Waals surface area contributed by atoms with Crippen LogP contribution in [0.3, 0.4) is 0 Å². The van der Waals surface area contributed by atoms with Crippen LogP contribution in [0.1, 0.15) is 10.5 Å². The number of amides is 1. The smallest absolute Gasteiger partial charge is 0.276 e. The largest absolute Gasteiger partial charge is 0.468 e. The Morgan fingerprint density at radius 2 is 1.84 bits per heavy atom. The van der Waals surface area contributed by atoms with Gasteiger partial charge >= 0.3 is 0 Å². The number of carbonyl (C=O) groups is 1. The molecular weight excluding hydrogens is 456 g/mol. The minimum atomic E-state index is -0.815. The SMILES string of the molecule is O=C(Nc1ccccc1Sc1ccc(Cl)cc1)c1ccn(COc2ccc(F)cc2F)n1. The van der Waals surface area contributed by atoms with E-state index in [1.54, 1.807) is 18.2 Å². The lowest BCUT2D eigenvalue weighted by Gasteiger charge is -2.10. The zero-order valence-electron chi connectivity index (χ0n) is 16.5. The zero-order valence-corrected chi connectivity index (χ0v) is 18.0. The Labute approximate surface area is 192 Å². The van der Waals surface area contributed by atoms with Crippen LogP contribution in [0.15, 0.2) is 88.8 Å². The molecule has 1 aromatic heterocycles. The predicted octanol–water partition coefficient (Wildman–Crippen LogP) is 6.25. The highest BCUT2D eigenvalue weighted by Crippen LogP contribution is 2.34. The number of hydrogen-bond acceptors (Lipinski definition) is 4. The second-order valence-corrected chi connectivity index (χ2v) is 8.15. The van der Waals surface area contributed by atoms with Gasteiger partial charge < -0.3 is 10.1 Å². The van der Waals surface area contributed by atoms with E-state index in [4.69, 9.17) is 16.3 Å². The van der Waals surface area contributed by atoms with E-state index in [9.17, 15) is 13.6 Å². The highest BCUT2D eigenvalue weighted by atomic mass is 35.5. The standard InChI is InChI=1S/C23H16ClF2N3O2S/c24-15-5-8-17(9-6-15)32-22-4-2-1-3-19(22)27-23(30)20-11-12-29(28-20)14-31-21-10-7-16(25)13-18(21)26/h1-13H,14H2,(H,27,30). The van der Waals surface area contributed by atoms with E-state index >= 15 is 0 Å². The van der Waals surface area contributed by atoms with Crippen molar-refractivity contribution in [2.45, 2.75) is 16.5 Å². The Kier molecular flexibility index (Phi) is 6.72. The summed E-state index contributed by atoms with van der Waals surface area (Å²) in [5, 5.41) is 7.66. The Balaban J connectivity index is 1.41. The summed E-state index contributed by atoms with van der Waals surface area (Å²) >= 11 is 7.43. The number of aromatic nitrogens is 2. The molecule has 1 amide bonds. The van der Waals surface area contributed by atoms with Crippen molar-refractivity contribution in [1.29, 1.82) is 0 Å². The van der Waals surface area contributed by atoms with E-state index in [0.717, 1.165) is 21.9 Å². The lowest BCUT2D eigenvalue weighted by Crippen LogP contribution is -2.14. The van der Waals surface area contributed by atoms with Gasteiger partial charge in [-0.25, -0.2) is 13.5 Å². The van der Waals surface area contributed by atoms with Crippen LogP contribution < -0.4 is 10.1 Å². The first-order valence-corrected chi connectivity index (χ1v) is 10.6. The van der Waals surface area contributed by atoms with Crippen molar-refractivity contribution < 1.29 is 18.3 Å². The molecule has 9 heteroatoms. The van der Waals surface area contributed by atoms with Crippen molar-refractivity contribution >= 4 is 35.0 Å². The molecule has 0 spiro atoms. The van der Waals surface area contributed by atoms with Crippen LogP contribution >= 0.6 is 23.4 Å². The molecule has 4 aromatic rings. The van der Waals surface area contributed by atoms with Gasteiger partial charge in [0, 0.05) is 27.1 Å². The third-order valence-electron chi connectivity index (χ3n) is 4.30. The quantitative estimate of drug-likeness (QED) is 0.346. The summed E-state index contributed by atoms with van der Waals surface area (Å²) < 4.78 is 33.3. The number of anilines is 1. The van der Waals surface area contributed by atoms with Crippen LogP contribution in [0, 0.1) is 11.6 Å². The number of hydrogen-bond donors (Lipinski definition) is 1. The Hall–Kier alpha value is -3.36. The number of rotatable bonds is 7. The van der Waals surface area contributed by atoms with E-state index in [-0.39, 0.29) is 18.2 Å². The zero-order chi connectivity index (χ0) is 22.5. The van der Waals surface area contributed by atoms with Crippen LogP contribution in [0.2, 0.25) is 5.02 Å². The molecule has 0 saturated heterocycles. The lowest BCUT2D eigenvalue weighted by molar-refractivity contribution is 0.102. The first kappa shape index (κ1) is 21.9. The lowest BCUT2D eigenvalue weighted by atomic mass is 10.3. The molecule has 0 bridgehead atoms. The van der Waals surface area contributed by atoms with E-state index in [1.165, 1.54) is 34.8 Å². The monoisotopic (exact) mass is 471 g/mol. The Bertz CT molecular complexity index is 1250. The van der Waals surface area contributed by atoms with Gasteiger partial charge in [-0.05, 0) is 54.6 Å². The number of ether oxygens (including phenoxy) is 1. The van der Waals surface area contributed by atoms with Gasteiger partial charge in [-0.2, -0.15) is 5.10 Å². The number of benzene rings is 3. The van der Waals surface area contributed by atoms with Crippen LogP contribution in [0.5, 0.6) is 5.75 Å². The molecule has 0 unspecified atom stereocenters. The summed E-state index contributed by atoms with van der Waals surface area (Å²) in [4.78, 5) is 14.5. The van der Waals surface area contributed by atoms with Crippen LogP contribution in [0.25, 0.3) is 0 Å². The summed E-state index contributed by atoms with van der Waals surface area (Å²) in [6.07, 6.45) is 1.53. The third-order valence-corrected chi connectivity index (χ3v) is 5.63. The number of para-hydroxylation sites is 1. The molecule has 0 aliphatic heterocycles. The molecule has 1 heterocycles. The minimum Gasteiger partial charge on any atom is -0.468 e. The third kappa shape index (κ3) is 5.46. The summed E-state index contributed by atoms with van der Waals surface area (Å²) in [7, 11) is 0. The molecule has 0 aliphatic rings. The summed E-state index contributed by atoms with van der Waals surface area (Å²) in [5.74, 6) is -2.02. The van der Waals surface area contributed by atoms with Crippen molar-refractivity contribution in [1.82, 2.24) is 9.78 Å². The maximum atomic E-state index is 13.7. The van der Waals surface area contributed by atoms with Crippen molar-refractivity contribution in [2.24, 2.45) is 0 Å². The maximum Gasteiger partial charge on any atom is 0.276 e. The van der Waals surface area contributed by atoms with Gasteiger partial charge in [-0.15, -0.1) is 0 Å². The molecule has 0 radical (unpaired) electrons. The van der Waals surface area contributed by atoms with Crippen molar-refractivity contribution in [3.05, 3.63) is 101 Å². The van der Waals surface area contributed by atoms with Gasteiger partial charge in [-0.3, -0.25) is 4.79 Å². The highest BCUT2D eigenvalue weighted by molar-refractivity contribution is 7.99. The molecule has 32 heavy (non-hydrogen) atoms. The maximum absolute atomic E-state index is 13.7. The van der Waals surface area contributed by atoms with Crippen LogP contribution in [0.4, 0.5) is 14.5 Å². The van der Waals surface area contributed by atoms with Gasteiger partial charge in [-0.1, -0.05) is 35.5 Å². The molecule has 0 atom stereocenters. The molecule has 5 nitrogen and oxygen atoms in total. The Morgan fingerprint density at radius 1 is 1.06 bits per heavy atom. The summed E-state index contributed by atoms with van der Waals surface area (Å²) in [6, 6.07) is 19.4. The second-order valence-electron chi connectivity index (χ2n) is 6.59. The highest BCUT2D eigenvalue weighted by Gasteiger charge is 2.13. The topological polar surface area (TPSA) is 56.2 Å². The van der Waals surface area contributed by atoms with E-state index in [0.29, 0.717) is 10.7 Å². The number of nitrogens with one attached hydrogen (secondary N) is 1. The van der Waals surface area contributed by atoms with Crippen molar-refractivity contribution in [3.8, 4) is 5.75 Å². The average Bonchev–Trinajstić information content (AvgIpc) is 3.25. The van der Waals surface area contributed by atoms with Crippen LogP contribution in [-0.4, -0.2) is 15.7 Å². The second kappa shape index (κ2) is 9.84. The average molecular weight is 472 g/mol. The molecule has 162 valence electrons. The molecular formula is C23H16ClF2N3O2S. The van der Waals surface area contributed by atoms with E-state index < -0.39 is 17.5 Å². The minimum absolute atomic E-state index is 0.110. The van der Waals surface area contributed by atoms with Gasteiger partial charge in [0.15, 0.2) is 24.0 Å². The summed E-state index contributed by atoms with van der Waals surface area (Å²) in [5.41, 5.74) is 0.802. The number of carbonyl (C=O) groups excluding carboxylic acids is 1. The molecule has 1 N–H and O–H groups in total. The van der Waals surface area contributed by atoms with Gasteiger partial charge in [0.05, 0.1) is 5.69 Å². The van der Waals surface area contributed by atoms with Crippen molar-refractivity contribution in [3.63, 3.8) is 0 Å². The fraction of sp³-hybridized carbons (Fsp3) is 0.0435. The van der Waals surface area contributed by atoms with E-state index in [2.05, 4.69) is 10.4 Å². The van der Waals surface area contributed by atoms with Crippen molar-refractivity contribution in [2.75, 3.05) is 5.32 Å². The van der Waals surface area contributed by atoms with Gasteiger partial charge in [0.1, 0.15) is 5.82 Å². The Morgan fingerprint density at radius 3 is 2.62 bits per heavy atom. The molecule has 0 aliphatic carbocycles. The van der Waals surface area contributed by atoms with Gasteiger partial charge in [0.2, 0.25) is 0 Å². The predicted molar refractivity (Wildman–Crippen MR) is 119 cm³/mol. The van der Waals surface area contributed by atoms with Crippen LogP contribution in [-0.2, 0) is 6.73 Å². The van der Waals surface area contributed by atoms with E-state index in [1.807, 2.05) is 30.3 Å². The molecule has 4 rings (SSSR count). The summed E-state index contributed by atoms with van der Waals surface area (Å²) in [6.45, 7) is -0.140. The molecule has 0 fully saturated rings. The number of nitrogens with zero attached hydrogens (tertiary/aromatic N) is 2. The fourth-order valence-electron chi connectivity index (χ4n) is 2.76. The molecule has 3 aromatic carbocycles. The normalized spacial score (nSPS) is 10.7. The number of halogens is 3. The first-order chi connectivity index (χ1) is 15.5.